The highest BCUT2D eigenvalue weighted by atomic mass is 16.5. The normalized spacial score (nSPS) is 35.5. The zero-order valence-electron chi connectivity index (χ0n) is 6.87. The molecule has 0 saturated carbocycles. The standard InChI is InChI=1S/C7H12N2O3/c1-7(9)4(10)3-12-5(7)2-6(8)11/h5H,2-3,9H2,1H3,(H2,8,11). The van der Waals surface area contributed by atoms with Crippen LogP contribution in [0.1, 0.15) is 13.3 Å². The van der Waals surface area contributed by atoms with Crippen LogP contribution >= 0.6 is 0 Å². The molecular weight excluding hydrogens is 160 g/mol. The van der Waals surface area contributed by atoms with Gasteiger partial charge in [-0.05, 0) is 6.92 Å². The van der Waals surface area contributed by atoms with Crippen LogP contribution < -0.4 is 11.5 Å². The number of ether oxygens (including phenoxy) is 1. The molecule has 1 rings (SSSR count). The molecular formula is C7H12N2O3. The van der Waals surface area contributed by atoms with Gasteiger partial charge in [-0.3, -0.25) is 9.59 Å². The van der Waals surface area contributed by atoms with E-state index < -0.39 is 17.6 Å². The van der Waals surface area contributed by atoms with Crippen molar-refractivity contribution in [2.24, 2.45) is 11.5 Å². The van der Waals surface area contributed by atoms with E-state index in [0.717, 1.165) is 0 Å². The first-order valence-corrected chi connectivity index (χ1v) is 3.66. The number of Topliss-reactive ketones (excluding diaryl/α,β-unsaturated/α-hetero) is 1. The first kappa shape index (κ1) is 9.15. The van der Waals surface area contributed by atoms with E-state index in [-0.39, 0.29) is 18.8 Å². The zero-order chi connectivity index (χ0) is 9.35. The molecule has 4 N–H and O–H groups in total. The fraction of sp³-hybridized carbons (Fsp3) is 0.714. The predicted molar refractivity (Wildman–Crippen MR) is 41.2 cm³/mol. The molecule has 68 valence electrons. The minimum absolute atomic E-state index is 0.00125. The minimum Gasteiger partial charge on any atom is -0.370 e. The van der Waals surface area contributed by atoms with Gasteiger partial charge in [-0.25, -0.2) is 0 Å². The smallest absolute Gasteiger partial charge is 0.220 e. The van der Waals surface area contributed by atoms with E-state index in [1.54, 1.807) is 6.92 Å². The van der Waals surface area contributed by atoms with Crippen molar-refractivity contribution in [1.82, 2.24) is 0 Å². The molecule has 0 aromatic heterocycles. The van der Waals surface area contributed by atoms with Crippen molar-refractivity contribution in [1.29, 1.82) is 0 Å². The Morgan fingerprint density at radius 2 is 2.42 bits per heavy atom. The van der Waals surface area contributed by atoms with Gasteiger partial charge >= 0.3 is 0 Å². The van der Waals surface area contributed by atoms with Crippen LogP contribution in [0.3, 0.4) is 0 Å². The van der Waals surface area contributed by atoms with Gasteiger partial charge in [-0.15, -0.1) is 0 Å². The lowest BCUT2D eigenvalue weighted by Crippen LogP contribution is -2.51. The average molecular weight is 172 g/mol. The van der Waals surface area contributed by atoms with E-state index in [9.17, 15) is 9.59 Å². The number of nitrogens with two attached hydrogens (primary N) is 2. The maximum atomic E-state index is 11.1. The summed E-state index contributed by atoms with van der Waals surface area (Å²) in [5.41, 5.74) is 9.52. The number of amides is 1. The Hall–Kier alpha value is -0.940. The van der Waals surface area contributed by atoms with Crippen LogP contribution in [0.4, 0.5) is 0 Å². The molecule has 2 atom stereocenters. The van der Waals surface area contributed by atoms with Gasteiger partial charge in [0.2, 0.25) is 5.91 Å². The molecule has 1 aliphatic rings. The summed E-state index contributed by atoms with van der Waals surface area (Å²) in [6, 6.07) is 0. The molecule has 1 amide bonds. The third-order valence-electron chi connectivity index (χ3n) is 2.07. The lowest BCUT2D eigenvalue weighted by molar-refractivity contribution is -0.121. The summed E-state index contributed by atoms with van der Waals surface area (Å²) >= 11 is 0. The van der Waals surface area contributed by atoms with Crippen LogP contribution in [0.15, 0.2) is 0 Å². The van der Waals surface area contributed by atoms with Gasteiger partial charge in [0.1, 0.15) is 12.1 Å². The molecule has 5 nitrogen and oxygen atoms in total. The first-order valence-electron chi connectivity index (χ1n) is 3.66. The number of carbonyl (C=O) groups excluding carboxylic acids is 2. The van der Waals surface area contributed by atoms with Gasteiger partial charge < -0.3 is 16.2 Å². The minimum atomic E-state index is -1.06. The molecule has 0 aromatic carbocycles. The number of ketones is 1. The summed E-state index contributed by atoms with van der Waals surface area (Å²) in [6.45, 7) is 1.53. The fourth-order valence-electron chi connectivity index (χ4n) is 1.14. The summed E-state index contributed by atoms with van der Waals surface area (Å²) < 4.78 is 5.02. The second kappa shape index (κ2) is 2.84. The number of rotatable bonds is 2. The quantitative estimate of drug-likeness (QED) is 0.532. The molecule has 0 radical (unpaired) electrons. The summed E-state index contributed by atoms with van der Waals surface area (Å²) in [6.07, 6.45) is -0.568. The number of carbonyl (C=O) groups is 2. The monoisotopic (exact) mass is 172 g/mol. The van der Waals surface area contributed by atoms with E-state index in [1.165, 1.54) is 0 Å². The van der Waals surface area contributed by atoms with Crippen LogP contribution in [0, 0.1) is 0 Å². The predicted octanol–water partition coefficient (Wildman–Crippen LogP) is -1.45. The summed E-state index contributed by atoms with van der Waals surface area (Å²) in [5.74, 6) is -0.694. The van der Waals surface area contributed by atoms with E-state index in [1.807, 2.05) is 0 Å². The van der Waals surface area contributed by atoms with E-state index in [2.05, 4.69) is 0 Å². The van der Waals surface area contributed by atoms with E-state index in [4.69, 9.17) is 16.2 Å². The van der Waals surface area contributed by atoms with Gasteiger partial charge in [0.15, 0.2) is 5.78 Å². The Morgan fingerprint density at radius 1 is 1.83 bits per heavy atom. The Kier molecular flexibility index (Phi) is 2.16. The maximum Gasteiger partial charge on any atom is 0.220 e. The highest BCUT2D eigenvalue weighted by molar-refractivity contribution is 5.92. The summed E-state index contributed by atoms with van der Waals surface area (Å²) in [5, 5.41) is 0. The van der Waals surface area contributed by atoms with Crippen molar-refractivity contribution in [3.8, 4) is 0 Å². The second-order valence-electron chi connectivity index (χ2n) is 3.18. The molecule has 2 unspecified atom stereocenters. The van der Waals surface area contributed by atoms with Crippen molar-refractivity contribution in [2.45, 2.75) is 25.0 Å². The highest BCUT2D eigenvalue weighted by Gasteiger charge is 2.44. The number of hydrogen-bond acceptors (Lipinski definition) is 4. The molecule has 0 spiro atoms. The average Bonchev–Trinajstić information content (AvgIpc) is 2.15. The fourth-order valence-corrected chi connectivity index (χ4v) is 1.14. The summed E-state index contributed by atoms with van der Waals surface area (Å²) in [7, 11) is 0. The van der Waals surface area contributed by atoms with E-state index in [0.29, 0.717) is 0 Å². The molecule has 12 heavy (non-hydrogen) atoms. The first-order chi connectivity index (χ1) is 5.44. The lowest BCUT2D eigenvalue weighted by atomic mass is 9.92. The molecule has 1 saturated heterocycles. The van der Waals surface area contributed by atoms with Gasteiger partial charge in [-0.1, -0.05) is 0 Å². The van der Waals surface area contributed by atoms with Crippen LogP contribution in [-0.4, -0.2) is 29.9 Å². The second-order valence-corrected chi connectivity index (χ2v) is 3.18. The SMILES string of the molecule is CC1(N)C(=O)COC1CC(N)=O. The largest absolute Gasteiger partial charge is 0.370 e. The highest BCUT2D eigenvalue weighted by Crippen LogP contribution is 2.21. The van der Waals surface area contributed by atoms with Gasteiger partial charge in [0.05, 0.1) is 12.5 Å². The van der Waals surface area contributed by atoms with Crippen molar-refractivity contribution in [3.05, 3.63) is 0 Å². The Labute approximate surface area is 70.0 Å². The number of hydrogen-bond donors (Lipinski definition) is 2. The van der Waals surface area contributed by atoms with Gasteiger partial charge in [-0.2, -0.15) is 0 Å². The van der Waals surface area contributed by atoms with E-state index >= 15 is 0 Å². The van der Waals surface area contributed by atoms with Crippen LogP contribution in [0.5, 0.6) is 0 Å². The molecule has 0 bridgehead atoms. The Balaban J connectivity index is 2.68. The topological polar surface area (TPSA) is 95.4 Å². The molecule has 0 aromatic rings. The van der Waals surface area contributed by atoms with Crippen molar-refractivity contribution in [2.75, 3.05) is 6.61 Å². The van der Waals surface area contributed by atoms with Gasteiger partial charge in [0.25, 0.3) is 0 Å². The van der Waals surface area contributed by atoms with Crippen molar-refractivity contribution < 1.29 is 14.3 Å². The molecule has 5 heteroatoms. The Bertz CT molecular complexity index is 225. The molecule has 0 aliphatic carbocycles. The van der Waals surface area contributed by atoms with Crippen molar-refractivity contribution >= 4 is 11.7 Å². The molecule has 1 aliphatic heterocycles. The third-order valence-corrected chi connectivity index (χ3v) is 2.07. The van der Waals surface area contributed by atoms with Crippen LogP contribution in [0.2, 0.25) is 0 Å². The van der Waals surface area contributed by atoms with Gasteiger partial charge in [0, 0.05) is 0 Å². The van der Waals surface area contributed by atoms with Crippen molar-refractivity contribution in [3.63, 3.8) is 0 Å². The third kappa shape index (κ3) is 1.46. The van der Waals surface area contributed by atoms with Crippen LogP contribution in [0.25, 0.3) is 0 Å². The molecule has 1 heterocycles. The zero-order valence-corrected chi connectivity index (χ0v) is 6.87. The lowest BCUT2D eigenvalue weighted by Gasteiger charge is -2.21. The van der Waals surface area contributed by atoms with Crippen LogP contribution in [-0.2, 0) is 14.3 Å². The maximum absolute atomic E-state index is 11.1. The number of primary amides is 1. The molecule has 1 fully saturated rings. The Morgan fingerprint density at radius 3 is 2.75 bits per heavy atom. The summed E-state index contributed by atoms with van der Waals surface area (Å²) in [4.78, 5) is 21.6.